The Morgan fingerprint density at radius 1 is 1.35 bits per heavy atom. The maximum atomic E-state index is 13.7. The van der Waals surface area contributed by atoms with Crippen LogP contribution in [0.15, 0.2) is 18.3 Å². The third kappa shape index (κ3) is 2.94. The Morgan fingerprint density at radius 2 is 2.12 bits per heavy atom. The number of halogens is 1. The van der Waals surface area contributed by atoms with E-state index in [2.05, 4.69) is 4.98 Å². The molecule has 0 saturated heterocycles. The van der Waals surface area contributed by atoms with Crippen LogP contribution in [-0.2, 0) is 0 Å². The number of anilines is 1. The molecule has 0 atom stereocenters. The first kappa shape index (κ1) is 12.3. The zero-order valence-corrected chi connectivity index (χ0v) is 9.98. The smallest absolute Gasteiger partial charge is 0.165 e. The van der Waals surface area contributed by atoms with Gasteiger partial charge in [-0.3, -0.25) is 0 Å². The first-order chi connectivity index (χ1) is 8.33. The van der Waals surface area contributed by atoms with Crippen LogP contribution in [0.2, 0.25) is 0 Å². The highest BCUT2D eigenvalue weighted by Gasteiger charge is 2.23. The van der Waals surface area contributed by atoms with E-state index in [4.69, 9.17) is 5.11 Å². The fourth-order valence-electron chi connectivity index (χ4n) is 2.55. The van der Waals surface area contributed by atoms with Crippen molar-refractivity contribution >= 4 is 5.82 Å². The van der Waals surface area contributed by atoms with E-state index in [1.807, 2.05) is 4.90 Å². The minimum absolute atomic E-state index is 0.0342. The number of hydrogen-bond donors (Lipinski definition) is 1. The molecular formula is C13H19FN2O. The molecule has 0 unspecified atom stereocenters. The van der Waals surface area contributed by atoms with Gasteiger partial charge < -0.3 is 10.0 Å². The van der Waals surface area contributed by atoms with Crippen LogP contribution in [0.25, 0.3) is 0 Å². The molecule has 1 aliphatic rings. The molecule has 1 heterocycles. The molecule has 1 aromatic rings. The predicted molar refractivity (Wildman–Crippen MR) is 65.5 cm³/mol. The van der Waals surface area contributed by atoms with Gasteiger partial charge in [-0.2, -0.15) is 0 Å². The van der Waals surface area contributed by atoms with E-state index in [0.717, 1.165) is 12.8 Å². The summed E-state index contributed by atoms with van der Waals surface area (Å²) >= 11 is 0. The van der Waals surface area contributed by atoms with Crippen LogP contribution < -0.4 is 4.90 Å². The molecule has 0 amide bonds. The van der Waals surface area contributed by atoms with Gasteiger partial charge in [0.05, 0.1) is 6.61 Å². The van der Waals surface area contributed by atoms with Gasteiger partial charge in [0.25, 0.3) is 0 Å². The molecule has 1 saturated carbocycles. The van der Waals surface area contributed by atoms with Crippen LogP contribution in [0.4, 0.5) is 10.2 Å². The molecule has 1 fully saturated rings. The maximum Gasteiger partial charge on any atom is 0.165 e. The lowest BCUT2D eigenvalue weighted by atomic mass is 9.94. The molecule has 17 heavy (non-hydrogen) atoms. The van der Waals surface area contributed by atoms with Crippen LogP contribution in [0.1, 0.15) is 32.1 Å². The monoisotopic (exact) mass is 238 g/mol. The number of aromatic nitrogens is 1. The Hall–Kier alpha value is -1.16. The number of hydrogen-bond acceptors (Lipinski definition) is 3. The van der Waals surface area contributed by atoms with E-state index >= 15 is 0 Å². The van der Waals surface area contributed by atoms with Crippen molar-refractivity contribution in [2.24, 2.45) is 0 Å². The van der Waals surface area contributed by atoms with Crippen LogP contribution in [0.3, 0.4) is 0 Å². The van der Waals surface area contributed by atoms with Crippen molar-refractivity contribution < 1.29 is 9.50 Å². The second-order valence-corrected chi connectivity index (χ2v) is 4.52. The Bertz CT molecular complexity index is 353. The predicted octanol–water partition coefficient (Wildman–Crippen LogP) is 2.35. The van der Waals surface area contributed by atoms with Gasteiger partial charge in [0.2, 0.25) is 0 Å². The quantitative estimate of drug-likeness (QED) is 0.874. The third-order valence-electron chi connectivity index (χ3n) is 3.37. The second-order valence-electron chi connectivity index (χ2n) is 4.52. The lowest BCUT2D eigenvalue weighted by molar-refractivity contribution is 0.288. The molecule has 0 aromatic carbocycles. The summed E-state index contributed by atoms with van der Waals surface area (Å²) in [6.07, 6.45) is 7.36. The first-order valence-corrected chi connectivity index (χ1v) is 6.31. The van der Waals surface area contributed by atoms with Crippen molar-refractivity contribution in [2.75, 3.05) is 18.1 Å². The van der Waals surface area contributed by atoms with Gasteiger partial charge in [0, 0.05) is 18.8 Å². The maximum absolute atomic E-state index is 13.7. The SMILES string of the molecule is OCCN(c1ncccc1F)C1CCCCC1. The minimum atomic E-state index is -0.300. The summed E-state index contributed by atoms with van der Waals surface area (Å²) < 4.78 is 13.7. The Morgan fingerprint density at radius 3 is 2.76 bits per heavy atom. The number of aliphatic hydroxyl groups is 1. The third-order valence-corrected chi connectivity index (χ3v) is 3.37. The highest BCUT2D eigenvalue weighted by Crippen LogP contribution is 2.27. The van der Waals surface area contributed by atoms with E-state index < -0.39 is 0 Å². The largest absolute Gasteiger partial charge is 0.395 e. The average molecular weight is 238 g/mol. The van der Waals surface area contributed by atoms with E-state index in [1.54, 1.807) is 12.3 Å². The van der Waals surface area contributed by atoms with Gasteiger partial charge in [0.15, 0.2) is 11.6 Å². The van der Waals surface area contributed by atoms with Gasteiger partial charge in [-0.05, 0) is 25.0 Å². The minimum Gasteiger partial charge on any atom is -0.395 e. The van der Waals surface area contributed by atoms with Gasteiger partial charge in [0.1, 0.15) is 0 Å². The Kier molecular flexibility index (Phi) is 4.31. The van der Waals surface area contributed by atoms with Gasteiger partial charge >= 0.3 is 0 Å². The summed E-state index contributed by atoms with van der Waals surface area (Å²) in [7, 11) is 0. The Balaban J connectivity index is 2.18. The first-order valence-electron chi connectivity index (χ1n) is 6.31. The number of pyridine rings is 1. The summed E-state index contributed by atoms with van der Waals surface area (Å²) in [5.41, 5.74) is 0. The number of aliphatic hydroxyl groups excluding tert-OH is 1. The zero-order valence-electron chi connectivity index (χ0n) is 9.98. The highest BCUT2D eigenvalue weighted by atomic mass is 19.1. The molecule has 4 heteroatoms. The van der Waals surface area contributed by atoms with E-state index in [-0.39, 0.29) is 12.4 Å². The van der Waals surface area contributed by atoms with Crippen LogP contribution in [0.5, 0.6) is 0 Å². The van der Waals surface area contributed by atoms with Crippen molar-refractivity contribution in [3.05, 3.63) is 24.1 Å². The number of rotatable bonds is 4. The molecule has 1 aromatic heterocycles. The molecule has 2 rings (SSSR count). The van der Waals surface area contributed by atoms with Crippen molar-refractivity contribution in [3.8, 4) is 0 Å². The average Bonchev–Trinajstić information content (AvgIpc) is 2.38. The topological polar surface area (TPSA) is 36.4 Å². The van der Waals surface area contributed by atoms with Gasteiger partial charge in [-0.15, -0.1) is 0 Å². The molecule has 3 nitrogen and oxygen atoms in total. The fourth-order valence-corrected chi connectivity index (χ4v) is 2.55. The summed E-state index contributed by atoms with van der Waals surface area (Å²) in [6, 6.07) is 3.34. The molecule has 0 spiro atoms. The molecule has 0 radical (unpaired) electrons. The van der Waals surface area contributed by atoms with Gasteiger partial charge in [-0.25, -0.2) is 9.37 Å². The molecule has 0 aliphatic heterocycles. The van der Waals surface area contributed by atoms with E-state index in [1.165, 1.54) is 25.3 Å². The molecule has 1 N–H and O–H groups in total. The van der Waals surface area contributed by atoms with Crippen LogP contribution in [0, 0.1) is 5.82 Å². The van der Waals surface area contributed by atoms with Crippen molar-refractivity contribution in [1.29, 1.82) is 0 Å². The number of nitrogens with zero attached hydrogens (tertiary/aromatic N) is 2. The molecule has 1 aliphatic carbocycles. The van der Waals surface area contributed by atoms with Crippen molar-refractivity contribution in [1.82, 2.24) is 4.98 Å². The normalized spacial score (nSPS) is 17.1. The molecular weight excluding hydrogens is 219 g/mol. The van der Waals surface area contributed by atoms with Crippen molar-refractivity contribution in [2.45, 2.75) is 38.1 Å². The molecule has 0 bridgehead atoms. The van der Waals surface area contributed by atoms with Crippen LogP contribution >= 0.6 is 0 Å². The standard InChI is InChI=1S/C13H19FN2O/c14-12-7-4-8-15-13(12)16(9-10-17)11-5-2-1-3-6-11/h4,7-8,11,17H,1-3,5-6,9-10H2. The van der Waals surface area contributed by atoms with E-state index in [0.29, 0.717) is 18.4 Å². The fraction of sp³-hybridized carbons (Fsp3) is 0.615. The summed E-state index contributed by atoms with van der Waals surface area (Å²) in [5, 5.41) is 9.13. The Labute approximate surface area is 101 Å². The summed E-state index contributed by atoms with van der Waals surface area (Å²) in [5.74, 6) is 0.0833. The molecule has 94 valence electrons. The highest BCUT2D eigenvalue weighted by molar-refractivity contribution is 5.41. The lowest BCUT2D eigenvalue weighted by Gasteiger charge is -2.34. The second kappa shape index (κ2) is 5.96. The zero-order chi connectivity index (χ0) is 12.1. The van der Waals surface area contributed by atoms with Crippen molar-refractivity contribution in [3.63, 3.8) is 0 Å². The summed E-state index contributed by atoms with van der Waals surface area (Å²) in [4.78, 5) is 6.04. The van der Waals surface area contributed by atoms with Gasteiger partial charge in [-0.1, -0.05) is 19.3 Å². The lowest BCUT2D eigenvalue weighted by Crippen LogP contribution is -2.39. The summed E-state index contributed by atoms with van der Waals surface area (Å²) in [6.45, 7) is 0.491. The van der Waals surface area contributed by atoms with Crippen LogP contribution in [-0.4, -0.2) is 29.3 Å². The van der Waals surface area contributed by atoms with E-state index in [9.17, 15) is 4.39 Å².